The second-order valence-corrected chi connectivity index (χ2v) is 9.37. The van der Waals surface area contributed by atoms with Gasteiger partial charge in [-0.1, -0.05) is 24.3 Å². The molecule has 3 aromatic carbocycles. The number of hydrogen-bond acceptors (Lipinski definition) is 7. The number of hydrogen-bond donors (Lipinski definition) is 0. The second kappa shape index (κ2) is 10.9. The lowest BCUT2D eigenvalue weighted by molar-refractivity contribution is -0.384. The van der Waals surface area contributed by atoms with Crippen LogP contribution in [-0.4, -0.2) is 42.4 Å². The molecule has 3 aromatic rings. The van der Waals surface area contributed by atoms with Crippen molar-refractivity contribution in [3.63, 3.8) is 0 Å². The molecule has 39 heavy (non-hydrogen) atoms. The Kier molecular flexibility index (Phi) is 7.23. The Balaban J connectivity index is 1.55. The minimum atomic E-state index is -0.564. The number of carbonyl (C=O) groups is 3. The Morgan fingerprint density at radius 2 is 1.64 bits per heavy atom. The van der Waals surface area contributed by atoms with E-state index in [4.69, 9.17) is 4.74 Å². The summed E-state index contributed by atoms with van der Waals surface area (Å²) in [6.07, 6.45) is 4.66. The van der Waals surface area contributed by atoms with Crippen molar-refractivity contribution in [2.45, 2.75) is 26.2 Å². The van der Waals surface area contributed by atoms with Crippen molar-refractivity contribution in [3.8, 4) is 0 Å². The summed E-state index contributed by atoms with van der Waals surface area (Å²) in [5.74, 6) is -1.56. The zero-order valence-corrected chi connectivity index (χ0v) is 21.5. The van der Waals surface area contributed by atoms with Gasteiger partial charge >= 0.3 is 5.97 Å². The SMILES string of the molecule is CCOC(=O)c1ccc(N2C(=O)C(=Cc3ccc(N4CCCCC4)c([N+](=O)[O-])c3)c3ccccc3C2=O)cc1. The first-order chi connectivity index (χ1) is 18.9. The molecule has 0 N–H and O–H groups in total. The fraction of sp³-hybridized carbons (Fsp3) is 0.233. The molecular formula is C30H27N3O6. The maximum atomic E-state index is 13.8. The lowest BCUT2D eigenvalue weighted by Crippen LogP contribution is -2.41. The standard InChI is InChI=1S/C30H27N3O6/c1-2-39-30(36)21-11-13-22(14-12-21)32-28(34)24-9-5-4-8-23(24)25(29(32)35)18-20-10-15-26(27(19-20)33(37)38)31-16-6-3-7-17-31/h4-5,8-15,18-19H,2-3,6-7,16-17H2,1H3. The first kappa shape index (κ1) is 25.8. The van der Waals surface area contributed by atoms with Crippen molar-refractivity contribution >= 4 is 46.5 Å². The van der Waals surface area contributed by atoms with E-state index in [2.05, 4.69) is 0 Å². The van der Waals surface area contributed by atoms with Gasteiger partial charge in [-0.2, -0.15) is 0 Å². The highest BCUT2D eigenvalue weighted by molar-refractivity contribution is 6.43. The fourth-order valence-corrected chi connectivity index (χ4v) is 5.03. The molecular weight excluding hydrogens is 498 g/mol. The molecule has 2 amide bonds. The molecule has 2 aliphatic heterocycles. The average Bonchev–Trinajstić information content (AvgIpc) is 2.96. The number of nitrogens with zero attached hydrogens (tertiary/aromatic N) is 3. The number of imide groups is 1. The quantitative estimate of drug-likeness (QED) is 0.138. The molecule has 0 bridgehead atoms. The monoisotopic (exact) mass is 525 g/mol. The molecule has 198 valence electrons. The van der Waals surface area contributed by atoms with Crippen LogP contribution in [-0.2, 0) is 9.53 Å². The number of rotatable bonds is 6. The maximum Gasteiger partial charge on any atom is 0.338 e. The lowest BCUT2D eigenvalue weighted by atomic mass is 9.91. The lowest BCUT2D eigenvalue weighted by Gasteiger charge is -2.29. The van der Waals surface area contributed by atoms with Gasteiger partial charge in [0, 0.05) is 30.3 Å². The van der Waals surface area contributed by atoms with Crippen LogP contribution in [0.2, 0.25) is 0 Å². The van der Waals surface area contributed by atoms with E-state index >= 15 is 0 Å². The van der Waals surface area contributed by atoms with Gasteiger partial charge in [0.1, 0.15) is 5.69 Å². The number of nitro groups is 1. The molecule has 0 radical (unpaired) electrons. The van der Waals surface area contributed by atoms with E-state index < -0.39 is 22.7 Å². The summed E-state index contributed by atoms with van der Waals surface area (Å²) in [6, 6.07) is 17.8. The number of esters is 1. The van der Waals surface area contributed by atoms with Crippen molar-refractivity contribution in [1.82, 2.24) is 0 Å². The third-order valence-corrected chi connectivity index (χ3v) is 6.92. The smallest absolute Gasteiger partial charge is 0.338 e. The zero-order chi connectivity index (χ0) is 27.5. The summed E-state index contributed by atoms with van der Waals surface area (Å²) in [6.45, 7) is 3.46. The van der Waals surface area contributed by atoms with E-state index in [1.165, 1.54) is 30.3 Å². The highest BCUT2D eigenvalue weighted by atomic mass is 16.6. The van der Waals surface area contributed by atoms with Crippen LogP contribution in [0, 0.1) is 10.1 Å². The normalized spacial score (nSPS) is 16.3. The van der Waals surface area contributed by atoms with Crippen LogP contribution in [0.1, 0.15) is 58.0 Å². The van der Waals surface area contributed by atoms with Gasteiger partial charge in [-0.3, -0.25) is 19.7 Å². The van der Waals surface area contributed by atoms with Gasteiger partial charge in [-0.15, -0.1) is 0 Å². The van der Waals surface area contributed by atoms with Gasteiger partial charge in [0.05, 0.1) is 22.8 Å². The number of carbonyl (C=O) groups excluding carboxylic acids is 3. The van der Waals surface area contributed by atoms with E-state index in [-0.39, 0.29) is 17.9 Å². The van der Waals surface area contributed by atoms with Crippen LogP contribution < -0.4 is 9.80 Å². The summed E-state index contributed by atoms with van der Waals surface area (Å²) in [5.41, 5.74) is 2.64. The fourth-order valence-electron chi connectivity index (χ4n) is 5.03. The predicted octanol–water partition coefficient (Wildman–Crippen LogP) is 5.49. The Labute approximate surface area is 225 Å². The molecule has 0 unspecified atom stereocenters. The van der Waals surface area contributed by atoms with Crippen molar-refractivity contribution in [1.29, 1.82) is 0 Å². The third-order valence-electron chi connectivity index (χ3n) is 6.92. The van der Waals surface area contributed by atoms with Crippen molar-refractivity contribution in [2.75, 3.05) is 29.5 Å². The molecule has 2 aliphatic rings. The number of fused-ring (bicyclic) bond motifs is 1. The number of amides is 2. The Bertz CT molecular complexity index is 1490. The summed E-state index contributed by atoms with van der Waals surface area (Å²) >= 11 is 0. The minimum absolute atomic E-state index is 0.0229. The molecule has 0 aromatic heterocycles. The molecule has 0 saturated carbocycles. The van der Waals surface area contributed by atoms with Crippen molar-refractivity contribution < 1.29 is 24.0 Å². The average molecular weight is 526 g/mol. The van der Waals surface area contributed by atoms with Crippen LogP contribution in [0.25, 0.3) is 11.6 Å². The van der Waals surface area contributed by atoms with Gasteiger partial charge < -0.3 is 9.64 Å². The van der Waals surface area contributed by atoms with Crippen LogP contribution in [0.15, 0.2) is 66.7 Å². The summed E-state index contributed by atoms with van der Waals surface area (Å²) in [5, 5.41) is 12.0. The number of nitro benzene ring substituents is 1. The van der Waals surface area contributed by atoms with Gasteiger partial charge in [0.15, 0.2) is 0 Å². The first-order valence-electron chi connectivity index (χ1n) is 12.9. The third kappa shape index (κ3) is 5.03. The molecule has 0 aliphatic carbocycles. The Hall–Kier alpha value is -4.79. The van der Waals surface area contributed by atoms with Crippen molar-refractivity contribution in [3.05, 3.63) is 99.1 Å². The van der Waals surface area contributed by atoms with E-state index in [0.29, 0.717) is 33.6 Å². The van der Waals surface area contributed by atoms with Gasteiger partial charge in [0.25, 0.3) is 17.5 Å². The largest absolute Gasteiger partial charge is 0.462 e. The Morgan fingerprint density at radius 3 is 2.31 bits per heavy atom. The molecule has 1 saturated heterocycles. The second-order valence-electron chi connectivity index (χ2n) is 9.37. The summed E-state index contributed by atoms with van der Waals surface area (Å²) in [7, 11) is 0. The zero-order valence-electron chi connectivity index (χ0n) is 21.5. The van der Waals surface area contributed by atoms with Crippen LogP contribution >= 0.6 is 0 Å². The molecule has 9 heteroatoms. The first-order valence-corrected chi connectivity index (χ1v) is 12.9. The molecule has 1 fully saturated rings. The van der Waals surface area contributed by atoms with Crippen LogP contribution in [0.4, 0.5) is 17.1 Å². The summed E-state index contributed by atoms with van der Waals surface area (Å²) < 4.78 is 5.01. The molecule has 0 atom stereocenters. The van der Waals surface area contributed by atoms with Crippen LogP contribution in [0.3, 0.4) is 0 Å². The molecule has 9 nitrogen and oxygen atoms in total. The predicted molar refractivity (Wildman–Crippen MR) is 148 cm³/mol. The van der Waals surface area contributed by atoms with Crippen LogP contribution in [0.5, 0.6) is 0 Å². The number of benzene rings is 3. The molecule has 2 heterocycles. The highest BCUT2D eigenvalue weighted by Crippen LogP contribution is 2.36. The Morgan fingerprint density at radius 1 is 0.949 bits per heavy atom. The van der Waals surface area contributed by atoms with Crippen molar-refractivity contribution in [2.24, 2.45) is 0 Å². The van der Waals surface area contributed by atoms with E-state index in [1.54, 1.807) is 49.4 Å². The minimum Gasteiger partial charge on any atom is -0.462 e. The topological polar surface area (TPSA) is 110 Å². The summed E-state index contributed by atoms with van der Waals surface area (Å²) in [4.78, 5) is 53.9. The van der Waals surface area contributed by atoms with Gasteiger partial charge in [-0.25, -0.2) is 9.69 Å². The maximum absolute atomic E-state index is 13.8. The van der Waals surface area contributed by atoms with Gasteiger partial charge in [0.2, 0.25) is 0 Å². The van der Waals surface area contributed by atoms with Gasteiger partial charge in [-0.05, 0) is 79.8 Å². The molecule has 5 rings (SSSR count). The van der Waals surface area contributed by atoms with E-state index in [0.717, 1.165) is 37.3 Å². The molecule has 0 spiro atoms. The van der Waals surface area contributed by atoms with E-state index in [1.807, 2.05) is 4.90 Å². The number of ether oxygens (including phenoxy) is 1. The number of piperidine rings is 1. The highest BCUT2D eigenvalue weighted by Gasteiger charge is 2.36. The van der Waals surface area contributed by atoms with E-state index in [9.17, 15) is 24.5 Å². The number of anilines is 2.